The van der Waals surface area contributed by atoms with Crippen LogP contribution in [0.5, 0.6) is 0 Å². The number of carboxylic acid groups (broad SMARTS) is 1. The largest absolute Gasteiger partial charge is 0.481 e. The van der Waals surface area contributed by atoms with Crippen molar-refractivity contribution in [2.45, 2.75) is 172 Å². The normalized spacial score (nSPS) is 50.9. The van der Waals surface area contributed by atoms with Crippen molar-refractivity contribution in [1.29, 1.82) is 0 Å². The SMILES string of the molecule is CC[C@@]1(C2CC[C@@](C)(C3OC(C4O[C@@](O)(CO)[C@H](C)C[C@@H]4C)C[C@@H]3C)O2)CC[C@]2(C[C@H](O)[C@@H](C)C([C@@H](C)[C@@H](OC)[C@H](C)C(=O)O)O2)O1. The first-order valence-electron chi connectivity index (χ1n) is 18.1. The van der Waals surface area contributed by atoms with Gasteiger partial charge in [-0.05, 0) is 64.2 Å². The van der Waals surface area contributed by atoms with Crippen LogP contribution in [-0.2, 0) is 33.2 Å². The Morgan fingerprint density at radius 1 is 1.02 bits per heavy atom. The molecule has 0 aromatic heterocycles. The van der Waals surface area contributed by atoms with Crippen LogP contribution in [-0.4, -0.2) is 106 Å². The lowest BCUT2D eigenvalue weighted by molar-refractivity contribution is -0.338. The second-order valence-corrected chi connectivity index (χ2v) is 16.3. The fraction of sp³-hybridized carbons (Fsp3) is 0.972. The Morgan fingerprint density at radius 2 is 1.72 bits per heavy atom. The highest BCUT2D eigenvalue weighted by molar-refractivity contribution is 5.70. The Morgan fingerprint density at radius 3 is 2.34 bits per heavy atom. The summed E-state index contributed by atoms with van der Waals surface area (Å²) in [4.78, 5) is 11.8. The van der Waals surface area contributed by atoms with Crippen LogP contribution >= 0.6 is 0 Å². The molecule has 11 nitrogen and oxygen atoms in total. The standard InChI is InChI=1S/C36H62O11/c1-10-34(13-14-35(47-34)17-25(38)22(5)30(45-35)23(6)29(42-9)24(7)32(39)40)27-11-12-33(8,44-27)31-20(3)16-26(43-31)28-19(2)15-21(4)36(41,18-37)46-28/h19-31,37-38,41H,10-18H2,1-9H3,(H,39,40)/t19-,20-,21+,22+,23-,24-,25-,26?,27?,28?,29+,30?,31?,33-,34-,35+,36-/m0/s1. The van der Waals surface area contributed by atoms with E-state index >= 15 is 0 Å². The average molecular weight is 671 g/mol. The number of hydrogen-bond donors (Lipinski definition) is 4. The van der Waals surface area contributed by atoms with Gasteiger partial charge in [-0.15, -0.1) is 0 Å². The van der Waals surface area contributed by atoms with E-state index in [1.807, 2.05) is 20.8 Å². The number of hydrogen-bond acceptors (Lipinski definition) is 10. The molecule has 5 aliphatic heterocycles. The molecular formula is C36H62O11. The summed E-state index contributed by atoms with van der Waals surface area (Å²) in [5, 5.41) is 41.9. The minimum absolute atomic E-state index is 0.167. The number of carboxylic acids is 1. The monoisotopic (exact) mass is 670 g/mol. The van der Waals surface area contributed by atoms with E-state index in [1.54, 1.807) is 6.92 Å². The van der Waals surface area contributed by atoms with Gasteiger partial charge in [-0.1, -0.05) is 41.5 Å². The molecule has 0 radical (unpaired) electrons. The maximum atomic E-state index is 11.8. The molecule has 5 fully saturated rings. The lowest BCUT2D eigenvalue weighted by Gasteiger charge is -2.49. The maximum Gasteiger partial charge on any atom is 0.308 e. The molecule has 0 aromatic carbocycles. The third-order valence-electron chi connectivity index (χ3n) is 13.0. The molecule has 0 aliphatic carbocycles. The van der Waals surface area contributed by atoms with E-state index in [0.717, 1.165) is 38.5 Å². The molecule has 17 atom stereocenters. The number of methoxy groups -OCH3 is 1. The van der Waals surface area contributed by atoms with Gasteiger partial charge in [0.25, 0.3) is 0 Å². The maximum absolute atomic E-state index is 11.8. The molecule has 5 heterocycles. The number of rotatable bonds is 10. The van der Waals surface area contributed by atoms with Gasteiger partial charge in [-0.3, -0.25) is 4.79 Å². The highest BCUT2D eigenvalue weighted by Crippen LogP contribution is 2.55. The summed E-state index contributed by atoms with van der Waals surface area (Å²) in [6.07, 6.45) is 2.94. The molecule has 0 bridgehead atoms. The first kappa shape index (κ1) is 37.4. The molecule has 0 aromatic rings. The zero-order chi connectivity index (χ0) is 34.7. The molecule has 5 rings (SSSR count). The van der Waals surface area contributed by atoms with E-state index in [9.17, 15) is 25.2 Å². The molecule has 5 saturated heterocycles. The van der Waals surface area contributed by atoms with Crippen molar-refractivity contribution in [3.8, 4) is 0 Å². The van der Waals surface area contributed by atoms with Crippen molar-refractivity contribution < 1.29 is 53.6 Å². The number of ether oxygens (including phenoxy) is 6. The molecule has 1 spiro atoms. The number of aliphatic hydroxyl groups is 3. The summed E-state index contributed by atoms with van der Waals surface area (Å²) < 4.78 is 39.4. The van der Waals surface area contributed by atoms with E-state index in [1.165, 1.54) is 7.11 Å². The fourth-order valence-electron chi connectivity index (χ4n) is 9.96. The molecular weight excluding hydrogens is 608 g/mol. The molecule has 5 aliphatic rings. The van der Waals surface area contributed by atoms with Crippen LogP contribution in [0.25, 0.3) is 0 Å². The summed E-state index contributed by atoms with van der Waals surface area (Å²) in [7, 11) is 1.53. The second-order valence-electron chi connectivity index (χ2n) is 16.3. The van der Waals surface area contributed by atoms with Gasteiger partial charge in [-0.2, -0.15) is 0 Å². The first-order valence-corrected chi connectivity index (χ1v) is 18.1. The Labute approximate surface area is 281 Å². The third-order valence-corrected chi connectivity index (χ3v) is 13.0. The van der Waals surface area contributed by atoms with Crippen molar-refractivity contribution in [3.63, 3.8) is 0 Å². The molecule has 4 N–H and O–H groups in total. The highest BCUT2D eigenvalue weighted by Gasteiger charge is 2.62. The van der Waals surface area contributed by atoms with Crippen LogP contribution in [0.1, 0.15) is 107 Å². The number of aliphatic carboxylic acids is 1. The first-order chi connectivity index (χ1) is 22.0. The molecule has 0 amide bonds. The lowest BCUT2D eigenvalue weighted by Crippen LogP contribution is -2.57. The highest BCUT2D eigenvalue weighted by atomic mass is 16.7. The lowest BCUT2D eigenvalue weighted by atomic mass is 9.78. The van der Waals surface area contributed by atoms with Crippen molar-refractivity contribution in [3.05, 3.63) is 0 Å². The van der Waals surface area contributed by atoms with Gasteiger partial charge in [0, 0.05) is 37.7 Å². The van der Waals surface area contributed by atoms with Gasteiger partial charge in [0.05, 0.1) is 66.5 Å². The Kier molecular flexibility index (Phi) is 10.9. The van der Waals surface area contributed by atoms with Crippen molar-refractivity contribution in [2.75, 3.05) is 13.7 Å². The molecule has 11 heteroatoms. The van der Waals surface area contributed by atoms with E-state index in [-0.39, 0.29) is 54.0 Å². The van der Waals surface area contributed by atoms with Gasteiger partial charge >= 0.3 is 5.97 Å². The molecule has 5 unspecified atom stereocenters. The zero-order valence-electron chi connectivity index (χ0n) is 30.0. The number of carbonyl (C=O) groups is 1. The Balaban J connectivity index is 1.29. The van der Waals surface area contributed by atoms with Crippen LogP contribution < -0.4 is 0 Å². The quantitative estimate of drug-likeness (QED) is 0.264. The molecule has 47 heavy (non-hydrogen) atoms. The second kappa shape index (κ2) is 13.7. The summed E-state index contributed by atoms with van der Waals surface area (Å²) in [6.45, 7) is 15.6. The molecule has 0 saturated carbocycles. The summed E-state index contributed by atoms with van der Waals surface area (Å²) >= 11 is 0. The van der Waals surface area contributed by atoms with Gasteiger partial charge < -0.3 is 48.8 Å². The predicted octanol–water partition coefficient (Wildman–Crippen LogP) is 4.27. The van der Waals surface area contributed by atoms with Crippen LogP contribution in [0, 0.1) is 35.5 Å². The van der Waals surface area contributed by atoms with E-state index in [4.69, 9.17) is 28.4 Å². The van der Waals surface area contributed by atoms with Crippen LogP contribution in [0.4, 0.5) is 0 Å². The smallest absolute Gasteiger partial charge is 0.308 e. The van der Waals surface area contributed by atoms with Gasteiger partial charge in [0.1, 0.15) is 0 Å². The topological polar surface area (TPSA) is 153 Å². The van der Waals surface area contributed by atoms with Gasteiger partial charge in [-0.25, -0.2) is 0 Å². The van der Waals surface area contributed by atoms with E-state index < -0.39 is 59.6 Å². The zero-order valence-corrected chi connectivity index (χ0v) is 30.0. The third kappa shape index (κ3) is 6.67. The Hall–Kier alpha value is -0.890. The van der Waals surface area contributed by atoms with Crippen molar-refractivity contribution in [1.82, 2.24) is 0 Å². The summed E-state index contributed by atoms with van der Waals surface area (Å²) in [5.74, 6) is -4.52. The predicted molar refractivity (Wildman–Crippen MR) is 172 cm³/mol. The summed E-state index contributed by atoms with van der Waals surface area (Å²) in [6, 6.07) is 0. The minimum atomic E-state index is -1.56. The average Bonchev–Trinajstić information content (AvgIpc) is 3.73. The summed E-state index contributed by atoms with van der Waals surface area (Å²) in [5.41, 5.74) is -1.15. The van der Waals surface area contributed by atoms with Gasteiger partial charge in [0.2, 0.25) is 0 Å². The van der Waals surface area contributed by atoms with Crippen molar-refractivity contribution >= 4 is 5.97 Å². The van der Waals surface area contributed by atoms with Crippen LogP contribution in [0.15, 0.2) is 0 Å². The minimum Gasteiger partial charge on any atom is -0.481 e. The van der Waals surface area contributed by atoms with E-state index in [2.05, 4.69) is 27.7 Å². The van der Waals surface area contributed by atoms with Crippen molar-refractivity contribution in [2.24, 2.45) is 35.5 Å². The Bertz CT molecular complexity index is 1110. The fourth-order valence-corrected chi connectivity index (χ4v) is 9.96. The van der Waals surface area contributed by atoms with Gasteiger partial charge in [0.15, 0.2) is 11.6 Å². The van der Waals surface area contributed by atoms with Crippen LogP contribution in [0.3, 0.4) is 0 Å². The van der Waals surface area contributed by atoms with Crippen LogP contribution in [0.2, 0.25) is 0 Å². The number of aliphatic hydroxyl groups excluding tert-OH is 2. The molecule has 272 valence electrons. The van der Waals surface area contributed by atoms with E-state index in [0.29, 0.717) is 12.8 Å².